The highest BCUT2D eigenvalue weighted by molar-refractivity contribution is 6.18. The molecule has 0 saturated heterocycles. The molecule has 3 heteroatoms. The number of aromatic amines is 1. The van der Waals surface area contributed by atoms with Gasteiger partial charge in [-0.3, -0.25) is 4.57 Å². The summed E-state index contributed by atoms with van der Waals surface area (Å²) in [4.78, 5) is 3.58. The molecule has 3 aromatic heterocycles. The summed E-state index contributed by atoms with van der Waals surface area (Å²) in [7, 11) is 0. The topological polar surface area (TPSA) is 33.9 Å². The zero-order chi connectivity index (χ0) is 18.9. The zero-order valence-electron chi connectivity index (χ0n) is 15.5. The van der Waals surface area contributed by atoms with Crippen LogP contribution in [0.3, 0.4) is 0 Å². The SMILES string of the molecule is c1ccc2oc(-n3c4ccccc4c4cc5c(cc43)[nH]c3ccccc35)cc2c1. The second-order valence-electron chi connectivity index (χ2n) is 7.56. The van der Waals surface area contributed by atoms with Crippen LogP contribution in [0, 0.1) is 0 Å². The maximum absolute atomic E-state index is 6.25. The van der Waals surface area contributed by atoms with Crippen molar-refractivity contribution in [3.8, 4) is 5.88 Å². The highest BCUT2D eigenvalue weighted by Gasteiger charge is 2.17. The lowest BCUT2D eigenvalue weighted by atomic mass is 10.1. The Morgan fingerprint density at radius 2 is 1.38 bits per heavy atom. The fourth-order valence-electron chi connectivity index (χ4n) is 4.63. The molecule has 7 aromatic rings. The molecule has 0 spiro atoms. The van der Waals surface area contributed by atoms with Gasteiger partial charge in [-0.05, 0) is 30.3 Å². The smallest absolute Gasteiger partial charge is 0.205 e. The number of nitrogens with zero attached hydrogens (tertiary/aromatic N) is 1. The molecular weight excluding hydrogens is 356 g/mol. The van der Waals surface area contributed by atoms with Crippen LogP contribution in [0.25, 0.3) is 60.5 Å². The number of furan rings is 1. The molecule has 0 amide bonds. The van der Waals surface area contributed by atoms with Gasteiger partial charge in [0.25, 0.3) is 0 Å². The predicted molar refractivity (Wildman–Crippen MR) is 120 cm³/mol. The van der Waals surface area contributed by atoms with Crippen LogP contribution >= 0.6 is 0 Å². The van der Waals surface area contributed by atoms with Gasteiger partial charge in [0.2, 0.25) is 5.88 Å². The first-order valence-corrected chi connectivity index (χ1v) is 9.79. The Balaban J connectivity index is 1.67. The number of hydrogen-bond donors (Lipinski definition) is 1. The molecule has 0 aliphatic carbocycles. The highest BCUT2D eigenvalue weighted by atomic mass is 16.4. The summed E-state index contributed by atoms with van der Waals surface area (Å²) >= 11 is 0. The Morgan fingerprint density at radius 1 is 0.586 bits per heavy atom. The molecule has 0 bridgehead atoms. The zero-order valence-corrected chi connectivity index (χ0v) is 15.5. The van der Waals surface area contributed by atoms with Crippen molar-refractivity contribution in [2.45, 2.75) is 0 Å². The van der Waals surface area contributed by atoms with Crippen molar-refractivity contribution in [2.75, 3.05) is 0 Å². The van der Waals surface area contributed by atoms with E-state index in [0.717, 1.165) is 38.9 Å². The third-order valence-corrected chi connectivity index (χ3v) is 5.93. The van der Waals surface area contributed by atoms with Gasteiger partial charge in [0, 0.05) is 44.0 Å². The second kappa shape index (κ2) is 5.30. The van der Waals surface area contributed by atoms with Crippen LogP contribution in [0.2, 0.25) is 0 Å². The fraction of sp³-hybridized carbons (Fsp3) is 0. The summed E-state index contributed by atoms with van der Waals surface area (Å²) in [6.45, 7) is 0. The summed E-state index contributed by atoms with van der Waals surface area (Å²) < 4.78 is 8.48. The predicted octanol–water partition coefficient (Wildman–Crippen LogP) is 7.16. The summed E-state index contributed by atoms with van der Waals surface area (Å²) in [6.07, 6.45) is 0. The van der Waals surface area contributed by atoms with Crippen molar-refractivity contribution < 1.29 is 4.42 Å². The molecule has 1 N–H and O–H groups in total. The van der Waals surface area contributed by atoms with Gasteiger partial charge in [0.05, 0.1) is 11.0 Å². The van der Waals surface area contributed by atoms with Gasteiger partial charge in [0.1, 0.15) is 5.58 Å². The third kappa shape index (κ3) is 1.96. The molecule has 3 heterocycles. The van der Waals surface area contributed by atoms with E-state index in [9.17, 15) is 0 Å². The Morgan fingerprint density at radius 3 is 2.31 bits per heavy atom. The number of aromatic nitrogens is 2. The fourth-order valence-corrected chi connectivity index (χ4v) is 4.63. The maximum Gasteiger partial charge on any atom is 0.205 e. The van der Waals surface area contributed by atoms with Crippen molar-refractivity contribution in [1.82, 2.24) is 9.55 Å². The standard InChI is InChI=1S/C26H16N2O/c1-6-12-25-16(7-1)13-26(29-25)28-23-11-5-3-9-18(23)20-14-19-17-8-2-4-10-21(17)27-22(19)15-24(20)28/h1-15,27H. The van der Waals surface area contributed by atoms with Crippen LogP contribution in [0.4, 0.5) is 0 Å². The van der Waals surface area contributed by atoms with E-state index in [0.29, 0.717) is 0 Å². The minimum absolute atomic E-state index is 0.841. The first kappa shape index (κ1) is 15.0. The lowest BCUT2D eigenvalue weighted by Gasteiger charge is -2.03. The van der Waals surface area contributed by atoms with E-state index < -0.39 is 0 Å². The van der Waals surface area contributed by atoms with Crippen LogP contribution < -0.4 is 0 Å². The van der Waals surface area contributed by atoms with E-state index in [-0.39, 0.29) is 0 Å². The van der Waals surface area contributed by atoms with Gasteiger partial charge in [-0.2, -0.15) is 0 Å². The van der Waals surface area contributed by atoms with Gasteiger partial charge in [-0.15, -0.1) is 0 Å². The number of fused-ring (bicyclic) bond motifs is 7. The first-order chi connectivity index (χ1) is 14.4. The number of rotatable bonds is 1. The van der Waals surface area contributed by atoms with E-state index in [1.165, 1.54) is 21.5 Å². The van der Waals surface area contributed by atoms with Gasteiger partial charge in [-0.25, -0.2) is 0 Å². The summed E-state index contributed by atoms with van der Waals surface area (Å²) in [5, 5.41) is 6.08. The molecule has 29 heavy (non-hydrogen) atoms. The molecule has 136 valence electrons. The van der Waals surface area contributed by atoms with Crippen molar-refractivity contribution >= 4 is 54.6 Å². The van der Waals surface area contributed by atoms with Crippen LogP contribution in [-0.4, -0.2) is 9.55 Å². The van der Waals surface area contributed by atoms with Gasteiger partial charge in [0.15, 0.2) is 0 Å². The Kier molecular flexibility index (Phi) is 2.74. The Bertz CT molecular complexity index is 1680. The van der Waals surface area contributed by atoms with Crippen molar-refractivity contribution in [3.05, 3.63) is 91.0 Å². The quantitative estimate of drug-likeness (QED) is 0.326. The number of H-pyrrole nitrogens is 1. The average Bonchev–Trinajstić information content (AvgIpc) is 3.43. The van der Waals surface area contributed by atoms with Gasteiger partial charge in [-0.1, -0.05) is 54.6 Å². The minimum atomic E-state index is 0.841. The normalized spacial score (nSPS) is 12.1. The van der Waals surface area contributed by atoms with Crippen LogP contribution in [0.15, 0.2) is 95.4 Å². The van der Waals surface area contributed by atoms with E-state index in [2.05, 4.69) is 82.3 Å². The molecule has 7 rings (SSSR count). The monoisotopic (exact) mass is 372 g/mol. The molecule has 3 nitrogen and oxygen atoms in total. The Labute approximate surface area is 165 Å². The van der Waals surface area contributed by atoms with Gasteiger partial charge >= 0.3 is 0 Å². The molecule has 0 fully saturated rings. The van der Waals surface area contributed by atoms with E-state index in [4.69, 9.17) is 4.42 Å². The van der Waals surface area contributed by atoms with Crippen molar-refractivity contribution in [2.24, 2.45) is 0 Å². The largest absolute Gasteiger partial charge is 0.440 e. The molecule has 4 aromatic carbocycles. The maximum atomic E-state index is 6.25. The lowest BCUT2D eigenvalue weighted by Crippen LogP contribution is -1.90. The number of benzene rings is 4. The second-order valence-corrected chi connectivity index (χ2v) is 7.56. The highest BCUT2D eigenvalue weighted by Crippen LogP contribution is 2.37. The van der Waals surface area contributed by atoms with E-state index in [1.807, 2.05) is 18.2 Å². The number of hydrogen-bond acceptors (Lipinski definition) is 1. The summed E-state index contributed by atoms with van der Waals surface area (Å²) in [5.74, 6) is 0.841. The van der Waals surface area contributed by atoms with Crippen LogP contribution in [0.5, 0.6) is 0 Å². The molecule has 0 radical (unpaired) electrons. The van der Waals surface area contributed by atoms with Crippen molar-refractivity contribution in [3.63, 3.8) is 0 Å². The van der Waals surface area contributed by atoms with E-state index >= 15 is 0 Å². The van der Waals surface area contributed by atoms with E-state index in [1.54, 1.807) is 0 Å². The molecule has 0 aliphatic rings. The molecular formula is C26H16N2O. The lowest BCUT2D eigenvalue weighted by molar-refractivity contribution is 0.590. The molecule has 0 atom stereocenters. The first-order valence-electron chi connectivity index (χ1n) is 9.79. The Hall–Kier alpha value is -3.98. The van der Waals surface area contributed by atoms with Crippen molar-refractivity contribution in [1.29, 1.82) is 0 Å². The summed E-state index contributed by atoms with van der Waals surface area (Å²) in [6, 6.07) is 31.9. The number of para-hydroxylation sites is 3. The van der Waals surface area contributed by atoms with Crippen LogP contribution in [-0.2, 0) is 0 Å². The number of nitrogens with one attached hydrogen (secondary N) is 1. The molecule has 0 saturated carbocycles. The third-order valence-electron chi connectivity index (χ3n) is 5.93. The van der Waals surface area contributed by atoms with Gasteiger partial charge < -0.3 is 9.40 Å². The molecule has 0 aliphatic heterocycles. The average molecular weight is 372 g/mol. The van der Waals surface area contributed by atoms with Crippen LogP contribution in [0.1, 0.15) is 0 Å². The molecule has 0 unspecified atom stereocenters. The summed E-state index contributed by atoms with van der Waals surface area (Å²) in [5.41, 5.74) is 5.50. The minimum Gasteiger partial charge on any atom is -0.440 e.